The molecule has 0 bridgehead atoms. The topological polar surface area (TPSA) is 38.7 Å². The lowest BCUT2D eigenvalue weighted by Crippen LogP contribution is -2.13. The molecule has 0 fully saturated rings. The minimum atomic E-state index is -4.41. The Labute approximate surface area is 182 Å². The number of hydrogen-bond donors (Lipinski definition) is 0. The predicted octanol–water partition coefficient (Wildman–Crippen LogP) is 7.31. The zero-order valence-corrected chi connectivity index (χ0v) is 18.6. The SMILES string of the molecule is CCCC(CC)c1ccc(CO/N=C(\C)c2ccc(C=O)c(CC)c2)cc1C(F)(F)F. The molecule has 0 aliphatic heterocycles. The zero-order chi connectivity index (χ0) is 23.0. The minimum absolute atomic E-state index is 0.0572. The molecule has 1 atom stereocenters. The summed E-state index contributed by atoms with van der Waals surface area (Å²) in [4.78, 5) is 16.4. The standard InChI is InChI=1S/C25H30F3NO2/c1-5-8-19(6-2)23-12-9-18(13-24(23)25(26,27)28)16-31-29-17(4)21-10-11-22(15-30)20(7-3)14-21/h9-15,19H,5-8,16H2,1-4H3/b29-17+. The van der Waals surface area contributed by atoms with Gasteiger partial charge in [0.05, 0.1) is 11.3 Å². The van der Waals surface area contributed by atoms with Gasteiger partial charge in [-0.2, -0.15) is 13.2 Å². The van der Waals surface area contributed by atoms with E-state index in [0.717, 1.165) is 30.3 Å². The average molecular weight is 434 g/mol. The molecule has 31 heavy (non-hydrogen) atoms. The first-order chi connectivity index (χ1) is 14.7. The van der Waals surface area contributed by atoms with Crippen molar-refractivity contribution >= 4 is 12.0 Å². The summed E-state index contributed by atoms with van der Waals surface area (Å²) in [6.07, 6.45) is -0.665. The first kappa shape index (κ1) is 24.6. The van der Waals surface area contributed by atoms with Gasteiger partial charge in [-0.25, -0.2) is 0 Å². The summed E-state index contributed by atoms with van der Waals surface area (Å²) >= 11 is 0. The summed E-state index contributed by atoms with van der Waals surface area (Å²) in [5, 5.41) is 4.06. The highest BCUT2D eigenvalue weighted by Gasteiger charge is 2.35. The lowest BCUT2D eigenvalue weighted by molar-refractivity contribution is -0.138. The number of halogens is 3. The van der Waals surface area contributed by atoms with Crippen LogP contribution in [0.5, 0.6) is 0 Å². The molecule has 2 aromatic carbocycles. The molecule has 2 aromatic rings. The fraction of sp³-hybridized carbons (Fsp3) is 0.440. The van der Waals surface area contributed by atoms with Crippen LogP contribution in [0.25, 0.3) is 0 Å². The third kappa shape index (κ3) is 6.42. The van der Waals surface area contributed by atoms with Crippen molar-refractivity contribution in [1.29, 1.82) is 0 Å². The molecule has 0 aliphatic carbocycles. The molecule has 1 unspecified atom stereocenters. The average Bonchev–Trinajstić information content (AvgIpc) is 2.76. The second-order valence-corrected chi connectivity index (χ2v) is 7.65. The molecule has 0 spiro atoms. The van der Waals surface area contributed by atoms with E-state index in [1.807, 2.05) is 26.8 Å². The van der Waals surface area contributed by atoms with E-state index in [2.05, 4.69) is 5.16 Å². The summed E-state index contributed by atoms with van der Waals surface area (Å²) in [7, 11) is 0. The third-order valence-electron chi connectivity index (χ3n) is 5.49. The van der Waals surface area contributed by atoms with Crippen molar-refractivity contribution in [2.24, 2.45) is 5.16 Å². The Bertz CT molecular complexity index is 919. The molecule has 0 saturated heterocycles. The first-order valence-corrected chi connectivity index (χ1v) is 10.7. The molecule has 0 radical (unpaired) electrons. The van der Waals surface area contributed by atoms with E-state index in [4.69, 9.17) is 4.84 Å². The lowest BCUT2D eigenvalue weighted by atomic mass is 9.87. The fourth-order valence-electron chi connectivity index (χ4n) is 3.73. The van der Waals surface area contributed by atoms with Crippen LogP contribution >= 0.6 is 0 Å². The van der Waals surface area contributed by atoms with Crippen LogP contribution in [0, 0.1) is 0 Å². The smallest absolute Gasteiger partial charge is 0.391 e. The third-order valence-corrected chi connectivity index (χ3v) is 5.49. The van der Waals surface area contributed by atoms with Crippen LogP contribution < -0.4 is 0 Å². The van der Waals surface area contributed by atoms with Gasteiger partial charge in [-0.3, -0.25) is 4.79 Å². The Morgan fingerprint density at radius 1 is 1.13 bits per heavy atom. The first-order valence-electron chi connectivity index (χ1n) is 10.7. The number of nitrogens with zero attached hydrogens (tertiary/aromatic N) is 1. The molecule has 0 heterocycles. The molecular formula is C25H30F3NO2. The van der Waals surface area contributed by atoms with Crippen LogP contribution in [0.2, 0.25) is 0 Å². The number of hydrogen-bond acceptors (Lipinski definition) is 3. The van der Waals surface area contributed by atoms with Gasteiger partial charge in [0.1, 0.15) is 12.9 Å². The summed E-state index contributed by atoms with van der Waals surface area (Å²) in [5.74, 6) is -0.112. The Hall–Kier alpha value is -2.63. The van der Waals surface area contributed by atoms with Gasteiger partial charge in [0.15, 0.2) is 0 Å². The normalized spacial score (nSPS) is 13.2. The summed E-state index contributed by atoms with van der Waals surface area (Å²) in [6, 6.07) is 9.82. The molecule has 0 aromatic heterocycles. The summed E-state index contributed by atoms with van der Waals surface area (Å²) in [6.45, 7) is 7.56. The van der Waals surface area contributed by atoms with E-state index < -0.39 is 11.7 Å². The number of oxime groups is 1. The van der Waals surface area contributed by atoms with E-state index in [9.17, 15) is 18.0 Å². The van der Waals surface area contributed by atoms with Gasteiger partial charge in [0.25, 0.3) is 0 Å². The van der Waals surface area contributed by atoms with Crippen molar-refractivity contribution in [2.75, 3.05) is 0 Å². The van der Waals surface area contributed by atoms with Gasteiger partial charge >= 0.3 is 6.18 Å². The maximum atomic E-state index is 13.7. The molecule has 2 rings (SSSR count). The lowest BCUT2D eigenvalue weighted by Gasteiger charge is -2.21. The monoisotopic (exact) mass is 433 g/mol. The number of aryl methyl sites for hydroxylation is 1. The maximum Gasteiger partial charge on any atom is 0.416 e. The minimum Gasteiger partial charge on any atom is -0.391 e. The highest BCUT2D eigenvalue weighted by atomic mass is 19.4. The van der Waals surface area contributed by atoms with Crippen LogP contribution in [0.1, 0.15) is 91.1 Å². The molecule has 6 heteroatoms. The highest BCUT2D eigenvalue weighted by molar-refractivity contribution is 5.99. The van der Waals surface area contributed by atoms with Crippen molar-refractivity contribution in [3.8, 4) is 0 Å². The molecule has 0 N–H and O–H groups in total. The van der Waals surface area contributed by atoms with E-state index in [0.29, 0.717) is 35.2 Å². The highest BCUT2D eigenvalue weighted by Crippen LogP contribution is 2.38. The summed E-state index contributed by atoms with van der Waals surface area (Å²) < 4.78 is 41.0. The van der Waals surface area contributed by atoms with Gasteiger partial charge in [-0.05, 0) is 66.5 Å². The molecule has 168 valence electrons. The zero-order valence-electron chi connectivity index (χ0n) is 18.6. The van der Waals surface area contributed by atoms with E-state index in [1.165, 1.54) is 6.07 Å². The van der Waals surface area contributed by atoms with Crippen molar-refractivity contribution < 1.29 is 22.8 Å². The number of benzene rings is 2. The van der Waals surface area contributed by atoms with Crippen molar-refractivity contribution in [3.05, 3.63) is 69.8 Å². The quantitative estimate of drug-likeness (QED) is 0.224. The fourth-order valence-corrected chi connectivity index (χ4v) is 3.73. The van der Waals surface area contributed by atoms with Crippen molar-refractivity contribution in [3.63, 3.8) is 0 Å². The molecule has 0 saturated carbocycles. The summed E-state index contributed by atoms with van der Waals surface area (Å²) in [5.41, 5.74) is 3.12. The van der Waals surface area contributed by atoms with E-state index in [1.54, 1.807) is 31.2 Å². The van der Waals surface area contributed by atoms with Crippen LogP contribution in [-0.4, -0.2) is 12.0 Å². The van der Waals surface area contributed by atoms with E-state index >= 15 is 0 Å². The molecule has 0 amide bonds. The molecule has 0 aliphatic rings. The Morgan fingerprint density at radius 2 is 1.87 bits per heavy atom. The van der Waals surface area contributed by atoms with Crippen molar-refractivity contribution in [1.82, 2.24) is 0 Å². The molecule has 3 nitrogen and oxygen atoms in total. The van der Waals surface area contributed by atoms with Gasteiger partial charge in [0.2, 0.25) is 0 Å². The van der Waals surface area contributed by atoms with E-state index in [-0.39, 0.29) is 12.5 Å². The number of carbonyl (C=O) groups is 1. The Kier molecular flexibility index (Phi) is 8.84. The second kappa shape index (κ2) is 11.1. The van der Waals surface area contributed by atoms with Gasteiger partial charge in [0, 0.05) is 5.56 Å². The molecular weight excluding hydrogens is 403 g/mol. The van der Waals surface area contributed by atoms with Gasteiger partial charge in [-0.1, -0.05) is 56.6 Å². The Morgan fingerprint density at radius 3 is 2.45 bits per heavy atom. The number of rotatable bonds is 10. The van der Waals surface area contributed by atoms with Crippen molar-refractivity contribution in [2.45, 2.75) is 72.1 Å². The van der Waals surface area contributed by atoms with Crippen LogP contribution in [0.15, 0.2) is 41.6 Å². The van der Waals surface area contributed by atoms with Crippen LogP contribution in [0.3, 0.4) is 0 Å². The predicted molar refractivity (Wildman–Crippen MR) is 118 cm³/mol. The number of carbonyl (C=O) groups excluding carboxylic acids is 1. The second-order valence-electron chi connectivity index (χ2n) is 7.65. The van der Waals surface area contributed by atoms with Gasteiger partial charge in [-0.15, -0.1) is 0 Å². The maximum absolute atomic E-state index is 13.7. The number of aldehydes is 1. The largest absolute Gasteiger partial charge is 0.416 e. The Balaban J connectivity index is 2.20. The van der Waals surface area contributed by atoms with Crippen LogP contribution in [0.4, 0.5) is 13.2 Å². The van der Waals surface area contributed by atoms with Gasteiger partial charge < -0.3 is 4.84 Å². The number of alkyl halides is 3. The van der Waals surface area contributed by atoms with Crippen LogP contribution in [-0.2, 0) is 24.0 Å².